The number of sulfone groups is 1. The number of likely N-dealkylation sites (N-methyl/N-ethyl adjacent to an activating group) is 1. The number of hydrogen-bond acceptors (Lipinski definition) is 3. The molecule has 0 aromatic heterocycles. The third kappa shape index (κ3) is 4.32. The van der Waals surface area contributed by atoms with Gasteiger partial charge in [0.05, 0.1) is 10.6 Å². The highest BCUT2D eigenvalue weighted by Gasteiger charge is 2.20. The molecule has 1 atom stereocenters. The molecule has 0 spiro atoms. The lowest BCUT2D eigenvalue weighted by atomic mass is 9.96. The normalized spacial score (nSPS) is 13.7. The second-order valence-corrected chi connectivity index (χ2v) is 7.37. The summed E-state index contributed by atoms with van der Waals surface area (Å²) in [6, 6.07) is 7.65. The van der Waals surface area contributed by atoms with E-state index in [1.54, 1.807) is 19.1 Å². The highest BCUT2D eigenvalue weighted by Crippen LogP contribution is 2.20. The quantitative estimate of drug-likeness (QED) is 0.837. The van der Waals surface area contributed by atoms with Gasteiger partial charge in [0.1, 0.15) is 0 Å². The van der Waals surface area contributed by atoms with Crippen LogP contribution < -0.4 is 5.32 Å². The SMILES string of the molecule is CCNC(Cc1ccccc1S(=O)(=O)CC)C(C)C. The van der Waals surface area contributed by atoms with Gasteiger partial charge in [0.25, 0.3) is 0 Å². The topological polar surface area (TPSA) is 46.2 Å². The van der Waals surface area contributed by atoms with Crippen LogP contribution in [0.15, 0.2) is 29.2 Å². The van der Waals surface area contributed by atoms with Crippen molar-refractivity contribution < 1.29 is 8.42 Å². The molecule has 108 valence electrons. The second kappa shape index (κ2) is 7.06. The van der Waals surface area contributed by atoms with Crippen LogP contribution in [0.4, 0.5) is 0 Å². The third-order valence-electron chi connectivity index (χ3n) is 3.40. The zero-order valence-electron chi connectivity index (χ0n) is 12.3. The van der Waals surface area contributed by atoms with Crippen LogP contribution in [0.3, 0.4) is 0 Å². The first kappa shape index (κ1) is 16.2. The molecule has 1 rings (SSSR count). The summed E-state index contributed by atoms with van der Waals surface area (Å²) in [6.07, 6.45) is 0.751. The van der Waals surface area contributed by atoms with Gasteiger partial charge in [0, 0.05) is 6.04 Å². The molecule has 1 aromatic carbocycles. The molecule has 1 N–H and O–H groups in total. The largest absolute Gasteiger partial charge is 0.314 e. The lowest BCUT2D eigenvalue weighted by Gasteiger charge is -2.23. The van der Waals surface area contributed by atoms with E-state index in [-0.39, 0.29) is 5.75 Å². The molecule has 0 aliphatic carbocycles. The maximum absolute atomic E-state index is 12.1. The van der Waals surface area contributed by atoms with Crippen molar-refractivity contribution in [3.8, 4) is 0 Å². The molecule has 3 nitrogen and oxygen atoms in total. The summed E-state index contributed by atoms with van der Waals surface area (Å²) in [6.45, 7) is 8.97. The monoisotopic (exact) mass is 283 g/mol. The van der Waals surface area contributed by atoms with Crippen LogP contribution in [0.25, 0.3) is 0 Å². The Bertz CT molecular complexity index is 495. The van der Waals surface area contributed by atoms with Crippen LogP contribution in [0.2, 0.25) is 0 Å². The molecule has 0 fully saturated rings. The molecule has 0 heterocycles. The van der Waals surface area contributed by atoms with Crippen LogP contribution >= 0.6 is 0 Å². The summed E-state index contributed by atoms with van der Waals surface area (Å²) < 4.78 is 24.2. The molecule has 1 aromatic rings. The second-order valence-electron chi connectivity index (χ2n) is 5.12. The Morgan fingerprint density at radius 2 is 1.79 bits per heavy atom. The van der Waals surface area contributed by atoms with Crippen LogP contribution in [0.5, 0.6) is 0 Å². The van der Waals surface area contributed by atoms with Crippen LogP contribution in [0.1, 0.15) is 33.3 Å². The van der Waals surface area contributed by atoms with Crippen LogP contribution in [0, 0.1) is 5.92 Å². The first-order chi connectivity index (χ1) is 8.92. The molecule has 1 unspecified atom stereocenters. The Morgan fingerprint density at radius 3 is 2.32 bits per heavy atom. The van der Waals surface area contributed by atoms with Gasteiger partial charge in [-0.05, 0) is 30.5 Å². The van der Waals surface area contributed by atoms with E-state index in [0.717, 1.165) is 18.5 Å². The summed E-state index contributed by atoms with van der Waals surface area (Å²) in [7, 11) is -3.14. The van der Waals surface area contributed by atoms with Gasteiger partial charge in [0.2, 0.25) is 0 Å². The van der Waals surface area contributed by atoms with E-state index in [4.69, 9.17) is 0 Å². The van der Waals surface area contributed by atoms with E-state index >= 15 is 0 Å². The molecule has 0 aliphatic heterocycles. The molecule has 0 saturated heterocycles. The third-order valence-corrected chi connectivity index (χ3v) is 5.23. The van der Waals surface area contributed by atoms with Gasteiger partial charge in [-0.2, -0.15) is 0 Å². The maximum atomic E-state index is 12.1. The van der Waals surface area contributed by atoms with Gasteiger partial charge in [-0.1, -0.05) is 45.9 Å². The smallest absolute Gasteiger partial charge is 0.178 e. The van der Waals surface area contributed by atoms with Gasteiger partial charge >= 0.3 is 0 Å². The van der Waals surface area contributed by atoms with Crippen molar-refractivity contribution >= 4 is 9.84 Å². The van der Waals surface area contributed by atoms with E-state index in [9.17, 15) is 8.42 Å². The van der Waals surface area contributed by atoms with E-state index in [0.29, 0.717) is 16.9 Å². The fourth-order valence-corrected chi connectivity index (χ4v) is 3.32. The molecule has 19 heavy (non-hydrogen) atoms. The van der Waals surface area contributed by atoms with Crippen LogP contribution in [-0.2, 0) is 16.3 Å². The van der Waals surface area contributed by atoms with Crippen molar-refractivity contribution in [1.82, 2.24) is 5.32 Å². The van der Waals surface area contributed by atoms with E-state index in [2.05, 4.69) is 26.1 Å². The Kier molecular flexibility index (Phi) is 6.01. The van der Waals surface area contributed by atoms with Crippen LogP contribution in [-0.4, -0.2) is 26.8 Å². The Hall–Kier alpha value is -0.870. The minimum atomic E-state index is -3.14. The molecule has 0 bridgehead atoms. The average Bonchev–Trinajstić information content (AvgIpc) is 2.38. The predicted octanol–water partition coefficient (Wildman–Crippen LogP) is 2.66. The van der Waals surface area contributed by atoms with Gasteiger partial charge in [-0.3, -0.25) is 0 Å². The summed E-state index contributed by atoms with van der Waals surface area (Å²) in [5.74, 6) is 0.620. The summed E-state index contributed by atoms with van der Waals surface area (Å²) >= 11 is 0. The Morgan fingerprint density at radius 1 is 1.16 bits per heavy atom. The first-order valence-corrected chi connectivity index (χ1v) is 8.61. The molecule has 0 radical (unpaired) electrons. The summed E-state index contributed by atoms with van der Waals surface area (Å²) in [5.41, 5.74) is 0.920. The number of nitrogens with one attached hydrogen (secondary N) is 1. The van der Waals surface area contributed by atoms with Crippen molar-refractivity contribution in [2.75, 3.05) is 12.3 Å². The maximum Gasteiger partial charge on any atom is 0.178 e. The Labute approximate surface area is 117 Å². The summed E-state index contributed by atoms with van der Waals surface area (Å²) in [5, 5.41) is 3.43. The van der Waals surface area contributed by atoms with E-state index in [1.165, 1.54) is 0 Å². The lowest BCUT2D eigenvalue weighted by Crippen LogP contribution is -2.36. The minimum absolute atomic E-state index is 0.150. The number of benzene rings is 1. The molecule has 0 aliphatic rings. The van der Waals surface area contributed by atoms with E-state index < -0.39 is 9.84 Å². The molecule has 4 heteroatoms. The number of hydrogen-bond donors (Lipinski definition) is 1. The van der Waals surface area contributed by atoms with Gasteiger partial charge in [-0.25, -0.2) is 8.42 Å². The van der Waals surface area contributed by atoms with Crippen molar-refractivity contribution in [3.63, 3.8) is 0 Å². The molecule has 0 amide bonds. The zero-order chi connectivity index (χ0) is 14.5. The first-order valence-electron chi connectivity index (χ1n) is 6.96. The van der Waals surface area contributed by atoms with E-state index in [1.807, 2.05) is 12.1 Å². The Balaban J connectivity index is 3.07. The van der Waals surface area contributed by atoms with Gasteiger partial charge < -0.3 is 5.32 Å². The summed E-state index contributed by atoms with van der Waals surface area (Å²) in [4.78, 5) is 0.487. The van der Waals surface area contributed by atoms with Gasteiger partial charge in [0.15, 0.2) is 9.84 Å². The average molecular weight is 283 g/mol. The molecule has 0 saturated carbocycles. The van der Waals surface area contributed by atoms with Crippen molar-refractivity contribution in [1.29, 1.82) is 0 Å². The lowest BCUT2D eigenvalue weighted by molar-refractivity contribution is 0.403. The zero-order valence-corrected chi connectivity index (χ0v) is 13.1. The fraction of sp³-hybridized carbons (Fsp3) is 0.600. The van der Waals surface area contributed by atoms with Crippen molar-refractivity contribution in [2.45, 2.75) is 45.1 Å². The standard InChI is InChI=1S/C15H25NO2S/c1-5-16-14(12(3)4)11-13-9-7-8-10-15(13)19(17,18)6-2/h7-10,12,14,16H,5-6,11H2,1-4H3. The van der Waals surface area contributed by atoms with Gasteiger partial charge in [-0.15, -0.1) is 0 Å². The minimum Gasteiger partial charge on any atom is -0.314 e. The highest BCUT2D eigenvalue weighted by atomic mass is 32.2. The highest BCUT2D eigenvalue weighted by molar-refractivity contribution is 7.91. The number of rotatable bonds is 7. The predicted molar refractivity (Wildman–Crippen MR) is 80.2 cm³/mol. The van der Waals surface area contributed by atoms with Crippen molar-refractivity contribution in [3.05, 3.63) is 29.8 Å². The fourth-order valence-electron chi connectivity index (χ4n) is 2.17. The molecular formula is C15H25NO2S. The molecular weight excluding hydrogens is 258 g/mol. The van der Waals surface area contributed by atoms with Crippen molar-refractivity contribution in [2.24, 2.45) is 5.92 Å².